The Bertz CT molecular complexity index is 910. The van der Waals surface area contributed by atoms with Gasteiger partial charge in [0.25, 0.3) is 5.91 Å². The number of amides is 2. The van der Waals surface area contributed by atoms with Gasteiger partial charge in [-0.1, -0.05) is 18.2 Å². The monoisotopic (exact) mass is 398 g/mol. The van der Waals surface area contributed by atoms with Crippen LogP contribution in [0.15, 0.2) is 42.5 Å². The van der Waals surface area contributed by atoms with Gasteiger partial charge >= 0.3 is 5.97 Å². The maximum Gasteiger partial charge on any atom is 0.338 e. The second-order valence-electron chi connectivity index (χ2n) is 6.56. The third-order valence-electron chi connectivity index (χ3n) is 4.29. The van der Waals surface area contributed by atoms with Crippen LogP contribution in [-0.2, 0) is 27.4 Å². The number of carbonyl (C=O) groups excluding carboxylic acids is 3. The van der Waals surface area contributed by atoms with E-state index in [9.17, 15) is 14.4 Å². The highest BCUT2D eigenvalue weighted by atomic mass is 16.7. The van der Waals surface area contributed by atoms with Crippen LogP contribution in [0.25, 0.3) is 0 Å². The Morgan fingerprint density at radius 3 is 2.34 bits per heavy atom. The van der Waals surface area contributed by atoms with Gasteiger partial charge in [-0.25, -0.2) is 4.79 Å². The van der Waals surface area contributed by atoms with Crippen molar-refractivity contribution in [1.29, 1.82) is 0 Å². The summed E-state index contributed by atoms with van der Waals surface area (Å²) in [6, 6.07) is 12.0. The fourth-order valence-corrected chi connectivity index (χ4v) is 2.65. The second kappa shape index (κ2) is 9.09. The van der Waals surface area contributed by atoms with E-state index >= 15 is 0 Å². The predicted molar refractivity (Wildman–Crippen MR) is 103 cm³/mol. The molecule has 2 amide bonds. The van der Waals surface area contributed by atoms with Gasteiger partial charge in [0, 0.05) is 20.0 Å². The van der Waals surface area contributed by atoms with Crippen molar-refractivity contribution in [3.63, 3.8) is 0 Å². The molecule has 0 saturated heterocycles. The number of ether oxygens (including phenoxy) is 3. The number of rotatable bonds is 7. The molecule has 0 fully saturated rings. The van der Waals surface area contributed by atoms with Gasteiger partial charge < -0.3 is 24.8 Å². The summed E-state index contributed by atoms with van der Waals surface area (Å²) in [5.74, 6) is 0.179. The zero-order chi connectivity index (χ0) is 20.8. The number of hydrogen-bond donors (Lipinski definition) is 2. The van der Waals surface area contributed by atoms with Crippen molar-refractivity contribution >= 4 is 17.8 Å². The molecular formula is C21H22N2O6. The van der Waals surface area contributed by atoms with Crippen LogP contribution in [0.2, 0.25) is 0 Å². The van der Waals surface area contributed by atoms with Crippen molar-refractivity contribution in [3.8, 4) is 11.5 Å². The van der Waals surface area contributed by atoms with Crippen LogP contribution in [0.4, 0.5) is 0 Å². The van der Waals surface area contributed by atoms with Gasteiger partial charge in [-0.15, -0.1) is 0 Å². The van der Waals surface area contributed by atoms with Crippen molar-refractivity contribution < 1.29 is 28.6 Å². The van der Waals surface area contributed by atoms with E-state index < -0.39 is 18.0 Å². The molecule has 1 heterocycles. The lowest BCUT2D eigenvalue weighted by molar-refractivity contribution is -0.129. The molecule has 29 heavy (non-hydrogen) atoms. The van der Waals surface area contributed by atoms with E-state index in [1.807, 2.05) is 6.07 Å². The lowest BCUT2D eigenvalue weighted by Crippen LogP contribution is -2.35. The zero-order valence-electron chi connectivity index (χ0n) is 16.2. The molecule has 0 radical (unpaired) electrons. The first-order valence-electron chi connectivity index (χ1n) is 9.13. The van der Waals surface area contributed by atoms with Crippen molar-refractivity contribution in [3.05, 3.63) is 59.2 Å². The molecule has 2 aromatic rings. The van der Waals surface area contributed by atoms with Crippen LogP contribution < -0.4 is 20.1 Å². The van der Waals surface area contributed by atoms with E-state index in [0.717, 1.165) is 11.1 Å². The average molecular weight is 398 g/mol. The van der Waals surface area contributed by atoms with Crippen LogP contribution in [0, 0.1) is 0 Å². The molecule has 1 atom stereocenters. The predicted octanol–water partition coefficient (Wildman–Crippen LogP) is 1.91. The Hall–Kier alpha value is -3.55. The molecule has 8 heteroatoms. The van der Waals surface area contributed by atoms with Gasteiger partial charge in [0.1, 0.15) is 0 Å². The standard InChI is InChI=1S/C21H22N2O6/c1-13(20(25)23-11-16-5-8-18-19(9-16)28-12-27-18)29-21(26)17-6-3-15(4-7-17)10-22-14(2)24/h3-9,13H,10-12H2,1-2H3,(H,22,24)(H,23,25). The summed E-state index contributed by atoms with van der Waals surface area (Å²) in [6.45, 7) is 3.79. The summed E-state index contributed by atoms with van der Waals surface area (Å²) in [7, 11) is 0. The van der Waals surface area contributed by atoms with Crippen LogP contribution in [-0.4, -0.2) is 30.7 Å². The maximum absolute atomic E-state index is 12.2. The molecule has 0 bridgehead atoms. The number of fused-ring (bicyclic) bond motifs is 1. The maximum atomic E-state index is 12.2. The molecule has 1 aliphatic rings. The molecule has 2 aromatic carbocycles. The fraction of sp³-hybridized carbons (Fsp3) is 0.286. The summed E-state index contributed by atoms with van der Waals surface area (Å²) in [4.78, 5) is 35.4. The molecule has 0 saturated carbocycles. The first-order valence-corrected chi connectivity index (χ1v) is 9.13. The van der Waals surface area contributed by atoms with Crippen molar-refractivity contribution in [2.75, 3.05) is 6.79 Å². The smallest absolute Gasteiger partial charge is 0.338 e. The van der Waals surface area contributed by atoms with Gasteiger partial charge in [-0.3, -0.25) is 9.59 Å². The molecule has 152 valence electrons. The van der Waals surface area contributed by atoms with Crippen molar-refractivity contribution in [2.24, 2.45) is 0 Å². The normalized spacial score (nSPS) is 12.8. The largest absolute Gasteiger partial charge is 0.454 e. The van der Waals surface area contributed by atoms with Crippen LogP contribution in [0.5, 0.6) is 11.5 Å². The Morgan fingerprint density at radius 1 is 0.966 bits per heavy atom. The first kappa shape index (κ1) is 20.2. The molecule has 8 nitrogen and oxygen atoms in total. The van der Waals surface area contributed by atoms with E-state index in [-0.39, 0.29) is 19.2 Å². The van der Waals surface area contributed by atoms with Gasteiger partial charge in [-0.05, 0) is 42.3 Å². The van der Waals surface area contributed by atoms with E-state index in [1.54, 1.807) is 36.4 Å². The topological polar surface area (TPSA) is 103 Å². The van der Waals surface area contributed by atoms with Crippen LogP contribution in [0.1, 0.15) is 35.3 Å². The number of benzene rings is 2. The Balaban J connectivity index is 1.48. The number of nitrogens with one attached hydrogen (secondary N) is 2. The van der Waals surface area contributed by atoms with Gasteiger partial charge in [0.15, 0.2) is 17.6 Å². The summed E-state index contributed by atoms with van der Waals surface area (Å²) in [5, 5.41) is 5.41. The summed E-state index contributed by atoms with van der Waals surface area (Å²) < 4.78 is 15.8. The molecule has 0 aromatic heterocycles. The Labute approximate surface area is 168 Å². The van der Waals surface area contributed by atoms with E-state index in [0.29, 0.717) is 23.6 Å². The van der Waals surface area contributed by atoms with E-state index in [4.69, 9.17) is 14.2 Å². The van der Waals surface area contributed by atoms with E-state index in [1.165, 1.54) is 13.8 Å². The minimum atomic E-state index is -0.949. The highest BCUT2D eigenvalue weighted by Crippen LogP contribution is 2.32. The highest BCUT2D eigenvalue weighted by Gasteiger charge is 2.19. The molecule has 0 spiro atoms. The van der Waals surface area contributed by atoms with E-state index in [2.05, 4.69) is 10.6 Å². The molecule has 0 aliphatic carbocycles. The Kier molecular flexibility index (Phi) is 6.33. The molecule has 3 rings (SSSR count). The third kappa shape index (κ3) is 5.47. The zero-order valence-corrected chi connectivity index (χ0v) is 16.2. The summed E-state index contributed by atoms with van der Waals surface area (Å²) in [5.41, 5.74) is 2.02. The first-order chi connectivity index (χ1) is 13.9. The third-order valence-corrected chi connectivity index (χ3v) is 4.29. The SMILES string of the molecule is CC(=O)NCc1ccc(C(=O)OC(C)C(=O)NCc2ccc3c(c2)OCO3)cc1. The molecular weight excluding hydrogens is 376 g/mol. The number of hydrogen-bond acceptors (Lipinski definition) is 6. The summed E-state index contributed by atoms with van der Waals surface area (Å²) >= 11 is 0. The quantitative estimate of drug-likeness (QED) is 0.691. The van der Waals surface area contributed by atoms with Crippen molar-refractivity contribution in [2.45, 2.75) is 33.0 Å². The highest BCUT2D eigenvalue weighted by molar-refractivity contribution is 5.92. The lowest BCUT2D eigenvalue weighted by Gasteiger charge is -2.14. The number of carbonyl (C=O) groups is 3. The minimum Gasteiger partial charge on any atom is -0.454 e. The van der Waals surface area contributed by atoms with Crippen LogP contribution >= 0.6 is 0 Å². The van der Waals surface area contributed by atoms with Crippen molar-refractivity contribution in [1.82, 2.24) is 10.6 Å². The number of esters is 1. The lowest BCUT2D eigenvalue weighted by atomic mass is 10.1. The van der Waals surface area contributed by atoms with Gasteiger partial charge in [-0.2, -0.15) is 0 Å². The summed E-state index contributed by atoms with van der Waals surface area (Å²) in [6.07, 6.45) is -0.949. The van der Waals surface area contributed by atoms with Crippen LogP contribution in [0.3, 0.4) is 0 Å². The van der Waals surface area contributed by atoms with Gasteiger partial charge in [0.2, 0.25) is 12.7 Å². The second-order valence-corrected chi connectivity index (χ2v) is 6.56. The minimum absolute atomic E-state index is 0.130. The van der Waals surface area contributed by atoms with Gasteiger partial charge in [0.05, 0.1) is 5.56 Å². The average Bonchev–Trinajstić information content (AvgIpc) is 3.18. The fourth-order valence-electron chi connectivity index (χ4n) is 2.65. The molecule has 1 aliphatic heterocycles. The molecule has 1 unspecified atom stereocenters. The molecule has 2 N–H and O–H groups in total. The Morgan fingerprint density at radius 2 is 1.62 bits per heavy atom.